The monoisotopic (exact) mass is 394 g/mol. The van der Waals surface area contributed by atoms with Gasteiger partial charge >= 0.3 is 0 Å². The van der Waals surface area contributed by atoms with Gasteiger partial charge in [-0.2, -0.15) is 0 Å². The van der Waals surface area contributed by atoms with E-state index in [9.17, 15) is 0 Å². The molecule has 1 aliphatic rings. The molecule has 0 radical (unpaired) electrons. The number of nitrogen functional groups attached to an aromatic ring is 2. The van der Waals surface area contributed by atoms with Gasteiger partial charge in [-0.3, -0.25) is 0 Å². The lowest BCUT2D eigenvalue weighted by Crippen LogP contribution is -2.23. The van der Waals surface area contributed by atoms with Gasteiger partial charge in [-0.25, -0.2) is 0 Å². The summed E-state index contributed by atoms with van der Waals surface area (Å²) in [5.41, 5.74) is 17.6. The maximum Gasteiger partial charge on any atom is 0.142 e. The van der Waals surface area contributed by atoms with E-state index < -0.39 is 0 Å². The molecule has 4 heteroatoms. The van der Waals surface area contributed by atoms with Crippen LogP contribution in [-0.4, -0.2) is 13.2 Å². The summed E-state index contributed by atoms with van der Waals surface area (Å²) in [5, 5.41) is 0. The molecule has 3 rings (SSSR count). The minimum Gasteiger partial charge on any atom is -0.491 e. The zero-order chi connectivity index (χ0) is 21.2. The highest BCUT2D eigenvalue weighted by Crippen LogP contribution is 2.55. The van der Waals surface area contributed by atoms with Crippen molar-refractivity contribution >= 4 is 11.4 Å². The molecule has 1 unspecified atom stereocenters. The smallest absolute Gasteiger partial charge is 0.142 e. The molecule has 156 valence electrons. The molecule has 4 nitrogen and oxygen atoms in total. The summed E-state index contributed by atoms with van der Waals surface area (Å²) < 4.78 is 11.7. The maximum atomic E-state index is 6.33. The first kappa shape index (κ1) is 21.1. The van der Waals surface area contributed by atoms with E-state index in [1.807, 2.05) is 12.1 Å². The van der Waals surface area contributed by atoms with Crippen molar-refractivity contribution in [3.05, 3.63) is 59.7 Å². The topological polar surface area (TPSA) is 70.5 Å². The van der Waals surface area contributed by atoms with Gasteiger partial charge in [0, 0.05) is 5.41 Å². The molecule has 29 heavy (non-hydrogen) atoms. The Kier molecular flexibility index (Phi) is 5.83. The van der Waals surface area contributed by atoms with Gasteiger partial charge in [0.15, 0.2) is 0 Å². The van der Waals surface area contributed by atoms with Crippen LogP contribution in [0.3, 0.4) is 0 Å². The second kappa shape index (κ2) is 8.02. The third-order valence-electron chi connectivity index (χ3n) is 5.96. The molecule has 0 heterocycles. The van der Waals surface area contributed by atoms with Gasteiger partial charge in [0.25, 0.3) is 0 Å². The average Bonchev–Trinajstić information content (AvgIpc) is 2.87. The molecular formula is C25H34N2O2. The Bertz CT molecular complexity index is 904. The molecule has 0 aromatic heterocycles. The number of ether oxygens (including phenoxy) is 2. The molecular weight excluding hydrogens is 360 g/mol. The maximum absolute atomic E-state index is 6.33. The van der Waals surface area contributed by atoms with Crippen LogP contribution in [0.15, 0.2) is 43.0 Å². The first-order chi connectivity index (χ1) is 13.7. The SMILES string of the molecule is C=CCCOc1cc2c(cc1N)C(C)(C)CC2(C)c1ccc(OCCC)c(N)c1. The van der Waals surface area contributed by atoms with Gasteiger partial charge in [-0.05, 0) is 65.6 Å². The quantitative estimate of drug-likeness (QED) is 0.348. The number of nitrogens with two attached hydrogens (primary N) is 2. The zero-order valence-electron chi connectivity index (χ0n) is 18.2. The third kappa shape index (κ3) is 3.93. The van der Waals surface area contributed by atoms with E-state index in [1.165, 1.54) is 16.7 Å². The molecule has 0 amide bonds. The molecule has 0 bridgehead atoms. The summed E-state index contributed by atoms with van der Waals surface area (Å²) in [6, 6.07) is 10.4. The Labute approximate surface area is 174 Å². The van der Waals surface area contributed by atoms with Crippen LogP contribution in [0, 0.1) is 0 Å². The van der Waals surface area contributed by atoms with Crippen molar-refractivity contribution in [1.29, 1.82) is 0 Å². The molecule has 0 spiro atoms. The Morgan fingerprint density at radius 1 is 0.966 bits per heavy atom. The Hall–Kier alpha value is -2.62. The van der Waals surface area contributed by atoms with Crippen LogP contribution < -0.4 is 20.9 Å². The van der Waals surface area contributed by atoms with Crippen LogP contribution in [0.2, 0.25) is 0 Å². The second-order valence-corrected chi connectivity index (χ2v) is 8.86. The fourth-order valence-electron chi connectivity index (χ4n) is 4.56. The molecule has 0 aliphatic heterocycles. The Morgan fingerprint density at radius 3 is 2.31 bits per heavy atom. The third-order valence-corrected chi connectivity index (χ3v) is 5.96. The predicted octanol–water partition coefficient (Wildman–Crippen LogP) is 5.58. The van der Waals surface area contributed by atoms with Gasteiger partial charge in [0.05, 0.1) is 24.6 Å². The van der Waals surface area contributed by atoms with Crippen LogP contribution in [0.5, 0.6) is 11.5 Å². The van der Waals surface area contributed by atoms with E-state index in [0.717, 1.165) is 30.8 Å². The molecule has 0 fully saturated rings. The number of hydrogen-bond acceptors (Lipinski definition) is 4. The van der Waals surface area contributed by atoms with Crippen molar-refractivity contribution in [2.24, 2.45) is 0 Å². The van der Waals surface area contributed by atoms with Crippen molar-refractivity contribution < 1.29 is 9.47 Å². The van der Waals surface area contributed by atoms with Crippen LogP contribution in [-0.2, 0) is 10.8 Å². The van der Waals surface area contributed by atoms with Gasteiger partial charge < -0.3 is 20.9 Å². The first-order valence-corrected chi connectivity index (χ1v) is 10.4. The van der Waals surface area contributed by atoms with Gasteiger partial charge in [-0.1, -0.05) is 39.8 Å². The minimum atomic E-state index is -0.180. The normalized spacial score (nSPS) is 19.6. The zero-order valence-corrected chi connectivity index (χ0v) is 18.2. The van der Waals surface area contributed by atoms with E-state index >= 15 is 0 Å². The number of rotatable bonds is 8. The van der Waals surface area contributed by atoms with E-state index in [0.29, 0.717) is 24.6 Å². The van der Waals surface area contributed by atoms with Gasteiger partial charge in [0.1, 0.15) is 11.5 Å². The Balaban J connectivity index is 2.04. The summed E-state index contributed by atoms with van der Waals surface area (Å²) in [4.78, 5) is 0. The van der Waals surface area contributed by atoms with E-state index in [4.69, 9.17) is 20.9 Å². The van der Waals surface area contributed by atoms with E-state index in [-0.39, 0.29) is 10.8 Å². The van der Waals surface area contributed by atoms with Crippen LogP contribution in [0.25, 0.3) is 0 Å². The van der Waals surface area contributed by atoms with Crippen molar-refractivity contribution in [3.8, 4) is 11.5 Å². The summed E-state index contributed by atoms with van der Waals surface area (Å²) in [6.45, 7) is 13.9. The molecule has 2 aromatic rings. The fourth-order valence-corrected chi connectivity index (χ4v) is 4.56. The molecule has 0 saturated carbocycles. The van der Waals surface area contributed by atoms with Gasteiger partial charge in [-0.15, -0.1) is 6.58 Å². The van der Waals surface area contributed by atoms with Crippen LogP contribution in [0.1, 0.15) is 63.6 Å². The van der Waals surface area contributed by atoms with Crippen LogP contribution >= 0.6 is 0 Å². The highest BCUT2D eigenvalue weighted by molar-refractivity contribution is 5.65. The number of anilines is 2. The highest BCUT2D eigenvalue weighted by Gasteiger charge is 2.46. The minimum absolute atomic E-state index is 0.00396. The molecule has 0 saturated heterocycles. The Morgan fingerprint density at radius 2 is 1.66 bits per heavy atom. The second-order valence-electron chi connectivity index (χ2n) is 8.86. The number of fused-ring (bicyclic) bond motifs is 1. The van der Waals surface area contributed by atoms with Crippen molar-refractivity contribution in [2.75, 3.05) is 24.7 Å². The summed E-state index contributed by atoms with van der Waals surface area (Å²) >= 11 is 0. The lowest BCUT2D eigenvalue weighted by Gasteiger charge is -2.29. The number of hydrogen-bond donors (Lipinski definition) is 2. The highest BCUT2D eigenvalue weighted by atomic mass is 16.5. The standard InChI is InChI=1S/C25H34N2O2/c1-6-8-12-29-23-15-19-18(14-21(23)27)24(3,4)16-25(19,5)17-9-10-22(20(26)13-17)28-11-7-2/h6,9-10,13-15H,1,7-8,11-12,16,26-27H2,2-5H3. The molecule has 1 aliphatic carbocycles. The van der Waals surface area contributed by atoms with Crippen molar-refractivity contribution in [1.82, 2.24) is 0 Å². The lowest BCUT2D eigenvalue weighted by molar-refractivity contribution is 0.319. The summed E-state index contributed by atoms with van der Waals surface area (Å²) in [7, 11) is 0. The largest absolute Gasteiger partial charge is 0.491 e. The molecule has 2 aromatic carbocycles. The van der Waals surface area contributed by atoms with E-state index in [2.05, 4.69) is 58.5 Å². The van der Waals surface area contributed by atoms with Crippen molar-refractivity contribution in [3.63, 3.8) is 0 Å². The van der Waals surface area contributed by atoms with Crippen molar-refractivity contribution in [2.45, 2.75) is 57.8 Å². The average molecular weight is 395 g/mol. The van der Waals surface area contributed by atoms with E-state index in [1.54, 1.807) is 0 Å². The fraction of sp³-hybridized carbons (Fsp3) is 0.440. The first-order valence-electron chi connectivity index (χ1n) is 10.4. The molecule has 1 atom stereocenters. The summed E-state index contributed by atoms with van der Waals surface area (Å²) in [6.07, 6.45) is 4.56. The predicted molar refractivity (Wildman–Crippen MR) is 122 cm³/mol. The molecule has 4 N–H and O–H groups in total. The lowest BCUT2D eigenvalue weighted by atomic mass is 9.75. The van der Waals surface area contributed by atoms with Crippen LogP contribution in [0.4, 0.5) is 11.4 Å². The summed E-state index contributed by atoms with van der Waals surface area (Å²) in [5.74, 6) is 1.49. The van der Waals surface area contributed by atoms with Gasteiger partial charge in [0.2, 0.25) is 0 Å². The number of benzene rings is 2.